The van der Waals surface area contributed by atoms with Crippen molar-refractivity contribution in [3.8, 4) is 16.9 Å². The summed E-state index contributed by atoms with van der Waals surface area (Å²) in [5.41, 5.74) is 14.8. The lowest BCUT2D eigenvalue weighted by atomic mass is 10.1. The van der Waals surface area contributed by atoms with Crippen LogP contribution in [0.4, 0.5) is 0 Å². The summed E-state index contributed by atoms with van der Waals surface area (Å²) in [6.07, 6.45) is 1.96. The largest absolute Gasteiger partial charge is 0.370 e. The number of rotatable bonds is 4. The number of nitrogens with two attached hydrogens (primary N) is 2. The van der Waals surface area contributed by atoms with Crippen molar-refractivity contribution in [2.75, 3.05) is 0 Å². The van der Waals surface area contributed by atoms with E-state index >= 15 is 0 Å². The molecule has 0 aliphatic carbocycles. The topological polar surface area (TPSA) is 82.2 Å². The molecule has 1 heterocycles. The third kappa shape index (κ3) is 2.98. The minimum absolute atomic E-state index is 0.0754. The average molecular weight is 291 g/mol. The van der Waals surface area contributed by atoms with Gasteiger partial charge in [0.1, 0.15) is 0 Å². The van der Waals surface area contributed by atoms with Crippen LogP contribution in [0.15, 0.2) is 71.9 Å². The first-order valence-corrected chi connectivity index (χ1v) is 6.99. The van der Waals surface area contributed by atoms with E-state index in [0.29, 0.717) is 6.54 Å². The highest BCUT2D eigenvalue weighted by Crippen LogP contribution is 2.24. The Kier molecular flexibility index (Phi) is 3.87. The smallest absolute Gasteiger partial charge is 0.186 e. The number of guanidine groups is 1. The lowest BCUT2D eigenvalue weighted by Crippen LogP contribution is -2.22. The SMILES string of the molecule is NC(N)=NCc1cn(-c2ccccc2)nc1-c1ccccc1. The van der Waals surface area contributed by atoms with Gasteiger partial charge < -0.3 is 11.5 Å². The van der Waals surface area contributed by atoms with Gasteiger partial charge >= 0.3 is 0 Å². The summed E-state index contributed by atoms with van der Waals surface area (Å²) in [5.74, 6) is 0.0754. The fourth-order valence-corrected chi connectivity index (χ4v) is 2.25. The van der Waals surface area contributed by atoms with E-state index < -0.39 is 0 Å². The van der Waals surface area contributed by atoms with Crippen LogP contribution in [-0.4, -0.2) is 15.7 Å². The predicted octanol–water partition coefficient (Wildman–Crippen LogP) is 2.31. The molecule has 0 amide bonds. The molecule has 5 heteroatoms. The number of nitrogens with zero attached hydrogens (tertiary/aromatic N) is 3. The summed E-state index contributed by atoms with van der Waals surface area (Å²) in [4.78, 5) is 4.11. The highest BCUT2D eigenvalue weighted by atomic mass is 15.3. The Labute approximate surface area is 128 Å². The normalized spacial score (nSPS) is 10.4. The summed E-state index contributed by atoms with van der Waals surface area (Å²) < 4.78 is 1.85. The molecule has 5 nitrogen and oxygen atoms in total. The molecule has 0 aliphatic heterocycles. The Morgan fingerprint density at radius 1 is 0.955 bits per heavy atom. The maximum Gasteiger partial charge on any atom is 0.186 e. The molecule has 3 aromatic rings. The van der Waals surface area contributed by atoms with Crippen molar-refractivity contribution >= 4 is 5.96 Å². The second kappa shape index (κ2) is 6.13. The van der Waals surface area contributed by atoms with Crippen LogP contribution in [0, 0.1) is 0 Å². The molecule has 0 atom stereocenters. The third-order valence-electron chi connectivity index (χ3n) is 3.29. The van der Waals surface area contributed by atoms with E-state index in [1.54, 1.807) is 0 Å². The van der Waals surface area contributed by atoms with Crippen molar-refractivity contribution < 1.29 is 0 Å². The summed E-state index contributed by atoms with van der Waals surface area (Å²) in [5, 5.41) is 4.69. The van der Waals surface area contributed by atoms with Crippen molar-refractivity contribution in [3.63, 3.8) is 0 Å². The van der Waals surface area contributed by atoms with Crippen molar-refractivity contribution in [3.05, 3.63) is 72.4 Å². The van der Waals surface area contributed by atoms with Gasteiger partial charge in [0.25, 0.3) is 0 Å². The summed E-state index contributed by atoms with van der Waals surface area (Å²) in [6.45, 7) is 0.402. The highest BCUT2D eigenvalue weighted by molar-refractivity contribution is 5.76. The zero-order valence-electron chi connectivity index (χ0n) is 12.1. The minimum Gasteiger partial charge on any atom is -0.370 e. The molecule has 0 bridgehead atoms. The van der Waals surface area contributed by atoms with E-state index in [1.807, 2.05) is 71.5 Å². The summed E-state index contributed by atoms with van der Waals surface area (Å²) >= 11 is 0. The highest BCUT2D eigenvalue weighted by Gasteiger charge is 2.11. The molecule has 0 radical (unpaired) electrons. The summed E-state index contributed by atoms with van der Waals surface area (Å²) in [6, 6.07) is 20.0. The lowest BCUT2D eigenvalue weighted by molar-refractivity contribution is 0.883. The van der Waals surface area contributed by atoms with E-state index in [2.05, 4.69) is 4.99 Å². The van der Waals surface area contributed by atoms with E-state index in [9.17, 15) is 0 Å². The summed E-state index contributed by atoms with van der Waals surface area (Å²) in [7, 11) is 0. The molecular formula is C17H17N5. The van der Waals surface area contributed by atoms with Crippen molar-refractivity contribution in [1.82, 2.24) is 9.78 Å². The first-order valence-electron chi connectivity index (χ1n) is 6.99. The minimum atomic E-state index is 0.0754. The van der Waals surface area contributed by atoms with Crippen LogP contribution in [0.5, 0.6) is 0 Å². The second-order valence-corrected chi connectivity index (χ2v) is 4.89. The quantitative estimate of drug-likeness (QED) is 0.571. The van der Waals surface area contributed by atoms with Crippen molar-refractivity contribution in [2.45, 2.75) is 6.54 Å². The van der Waals surface area contributed by atoms with E-state index in [4.69, 9.17) is 16.6 Å². The van der Waals surface area contributed by atoms with Crippen LogP contribution >= 0.6 is 0 Å². The maximum atomic E-state index is 5.45. The molecule has 3 rings (SSSR count). The maximum absolute atomic E-state index is 5.45. The lowest BCUT2D eigenvalue weighted by Gasteiger charge is -2.00. The van der Waals surface area contributed by atoms with Gasteiger partial charge in [-0.05, 0) is 12.1 Å². The molecule has 110 valence electrons. The number of benzene rings is 2. The predicted molar refractivity (Wildman–Crippen MR) is 88.5 cm³/mol. The zero-order chi connectivity index (χ0) is 15.4. The van der Waals surface area contributed by atoms with Gasteiger partial charge in [0, 0.05) is 17.3 Å². The van der Waals surface area contributed by atoms with Gasteiger partial charge in [-0.15, -0.1) is 0 Å². The van der Waals surface area contributed by atoms with Gasteiger partial charge in [0.15, 0.2) is 5.96 Å². The average Bonchev–Trinajstić information content (AvgIpc) is 2.99. The molecule has 0 spiro atoms. The molecule has 22 heavy (non-hydrogen) atoms. The van der Waals surface area contributed by atoms with Crippen LogP contribution in [0.2, 0.25) is 0 Å². The molecule has 0 aliphatic rings. The molecule has 0 saturated heterocycles. The van der Waals surface area contributed by atoms with Gasteiger partial charge in [-0.25, -0.2) is 9.67 Å². The van der Waals surface area contributed by atoms with Gasteiger partial charge in [0.2, 0.25) is 0 Å². The van der Waals surface area contributed by atoms with E-state index in [1.165, 1.54) is 0 Å². The van der Waals surface area contributed by atoms with Crippen LogP contribution in [0.25, 0.3) is 16.9 Å². The van der Waals surface area contributed by atoms with Crippen LogP contribution in [0.1, 0.15) is 5.56 Å². The van der Waals surface area contributed by atoms with E-state index in [0.717, 1.165) is 22.5 Å². The number of para-hydroxylation sites is 1. The number of hydrogen-bond acceptors (Lipinski definition) is 2. The Balaban J connectivity index is 2.07. The first-order chi connectivity index (χ1) is 10.7. The Morgan fingerprint density at radius 3 is 2.23 bits per heavy atom. The standard InChI is InChI=1S/C17H17N5/c18-17(19)20-11-14-12-22(15-9-5-2-6-10-15)21-16(14)13-7-3-1-4-8-13/h1-10,12H,11H2,(H4,18,19,20). The third-order valence-corrected chi connectivity index (χ3v) is 3.29. The fraction of sp³-hybridized carbons (Fsp3) is 0.0588. The van der Waals surface area contributed by atoms with Crippen LogP contribution in [-0.2, 0) is 6.54 Å². The molecule has 0 fully saturated rings. The van der Waals surface area contributed by atoms with Gasteiger partial charge in [0.05, 0.1) is 17.9 Å². The number of aromatic nitrogens is 2. The molecule has 4 N–H and O–H groups in total. The fourth-order valence-electron chi connectivity index (χ4n) is 2.25. The van der Waals surface area contributed by atoms with E-state index in [-0.39, 0.29) is 5.96 Å². The van der Waals surface area contributed by atoms with Gasteiger partial charge in [-0.1, -0.05) is 48.5 Å². The van der Waals surface area contributed by atoms with Gasteiger partial charge in [-0.3, -0.25) is 0 Å². The van der Waals surface area contributed by atoms with Crippen LogP contribution < -0.4 is 11.5 Å². The molecular weight excluding hydrogens is 274 g/mol. The zero-order valence-corrected chi connectivity index (χ0v) is 12.1. The Hall–Kier alpha value is -3.08. The first kappa shape index (κ1) is 13.9. The number of hydrogen-bond donors (Lipinski definition) is 2. The molecule has 1 aromatic heterocycles. The molecule has 2 aromatic carbocycles. The van der Waals surface area contributed by atoms with Crippen molar-refractivity contribution in [2.24, 2.45) is 16.5 Å². The molecule has 0 unspecified atom stereocenters. The number of aliphatic imine (C=N–C) groups is 1. The van der Waals surface area contributed by atoms with Gasteiger partial charge in [-0.2, -0.15) is 5.10 Å². The second-order valence-electron chi connectivity index (χ2n) is 4.89. The van der Waals surface area contributed by atoms with Crippen molar-refractivity contribution in [1.29, 1.82) is 0 Å². The Bertz CT molecular complexity index is 771. The Morgan fingerprint density at radius 2 is 1.59 bits per heavy atom. The monoisotopic (exact) mass is 291 g/mol. The van der Waals surface area contributed by atoms with Crippen LogP contribution in [0.3, 0.4) is 0 Å². The molecule has 0 saturated carbocycles.